The number of carbonyl (C=O) groups excluding carboxylic acids is 1. The molecule has 0 spiro atoms. The summed E-state index contributed by atoms with van der Waals surface area (Å²) in [5.74, 6) is 1.78. The minimum Gasteiger partial charge on any atom is -0.338 e. The molecule has 16 heavy (non-hydrogen) atoms. The number of nitrogens with zero attached hydrogens (tertiary/aromatic N) is 1. The van der Waals surface area contributed by atoms with E-state index in [1.54, 1.807) is 0 Å². The van der Waals surface area contributed by atoms with E-state index in [1.165, 1.54) is 0 Å². The summed E-state index contributed by atoms with van der Waals surface area (Å²) in [6.45, 7) is 3.74. The van der Waals surface area contributed by atoms with Crippen LogP contribution in [0.2, 0.25) is 0 Å². The van der Waals surface area contributed by atoms with Crippen LogP contribution in [0.25, 0.3) is 0 Å². The van der Waals surface area contributed by atoms with Crippen molar-refractivity contribution in [3.63, 3.8) is 0 Å². The third-order valence-electron chi connectivity index (χ3n) is 3.49. The van der Waals surface area contributed by atoms with Crippen LogP contribution in [-0.4, -0.2) is 51.7 Å². The topological polar surface area (TPSA) is 49.4 Å². The molecule has 0 saturated carbocycles. The number of likely N-dealkylation sites (N-methyl/N-ethyl adjacent to an activating group) is 1. The number of hydrogen-bond acceptors (Lipinski definition) is 3. The van der Waals surface area contributed by atoms with Crippen LogP contribution < -0.4 is 5.32 Å². The zero-order valence-corrected chi connectivity index (χ0v) is 10.6. The molecule has 1 unspecified atom stereocenters. The minimum atomic E-state index is -0.638. The second-order valence-corrected chi connectivity index (χ2v) is 6.21. The van der Waals surface area contributed by atoms with Crippen LogP contribution in [0.3, 0.4) is 0 Å². The smallest absolute Gasteiger partial charge is 0.240 e. The molecular weight excluding hydrogens is 224 g/mol. The third-order valence-corrected chi connectivity index (χ3v) is 4.87. The van der Waals surface area contributed by atoms with Crippen molar-refractivity contribution in [1.82, 2.24) is 10.2 Å². The molecule has 0 bridgehead atoms. The predicted octanol–water partition coefficient (Wildman–Crippen LogP) is 0.108. The lowest BCUT2D eigenvalue weighted by Crippen LogP contribution is -2.45. The van der Waals surface area contributed by atoms with Gasteiger partial charge in [0.15, 0.2) is 0 Å². The van der Waals surface area contributed by atoms with E-state index >= 15 is 0 Å². The van der Waals surface area contributed by atoms with Gasteiger partial charge in [0, 0.05) is 34.9 Å². The average Bonchev–Trinajstić information content (AvgIpc) is 2.63. The van der Waals surface area contributed by atoms with Gasteiger partial charge in [-0.25, -0.2) is 0 Å². The Morgan fingerprint density at radius 3 is 2.69 bits per heavy atom. The van der Waals surface area contributed by atoms with Crippen molar-refractivity contribution in [3.8, 4) is 0 Å². The number of carbonyl (C=O) groups is 1. The fraction of sp³-hybridized carbons (Fsp3) is 0.909. The van der Waals surface area contributed by atoms with Crippen LogP contribution in [-0.2, 0) is 15.6 Å². The summed E-state index contributed by atoms with van der Waals surface area (Å²) >= 11 is 0. The second kappa shape index (κ2) is 5.27. The largest absolute Gasteiger partial charge is 0.338 e. The molecule has 0 aromatic rings. The Kier molecular flexibility index (Phi) is 3.97. The van der Waals surface area contributed by atoms with Crippen LogP contribution >= 0.6 is 0 Å². The molecule has 0 radical (unpaired) electrons. The number of amides is 1. The van der Waals surface area contributed by atoms with Gasteiger partial charge in [0.25, 0.3) is 0 Å². The highest BCUT2D eigenvalue weighted by Crippen LogP contribution is 2.22. The highest BCUT2D eigenvalue weighted by atomic mass is 32.2. The van der Waals surface area contributed by atoms with Gasteiger partial charge < -0.3 is 10.2 Å². The van der Waals surface area contributed by atoms with E-state index in [1.807, 2.05) is 11.8 Å². The van der Waals surface area contributed by atoms with Crippen LogP contribution in [0, 0.1) is 0 Å². The van der Waals surface area contributed by atoms with Gasteiger partial charge in [0.2, 0.25) is 5.91 Å². The monoisotopic (exact) mass is 244 g/mol. The van der Waals surface area contributed by atoms with Gasteiger partial charge in [-0.3, -0.25) is 9.00 Å². The zero-order valence-electron chi connectivity index (χ0n) is 9.78. The fourth-order valence-electron chi connectivity index (χ4n) is 2.59. The Hall–Kier alpha value is -0.420. The summed E-state index contributed by atoms with van der Waals surface area (Å²) in [6, 6.07) is 0.367. The van der Waals surface area contributed by atoms with E-state index in [0.717, 1.165) is 43.9 Å². The van der Waals surface area contributed by atoms with Crippen molar-refractivity contribution in [3.05, 3.63) is 0 Å². The zero-order chi connectivity index (χ0) is 11.5. The number of hydrogen-bond donors (Lipinski definition) is 1. The Balaban J connectivity index is 1.91. The maximum absolute atomic E-state index is 12.1. The predicted molar refractivity (Wildman–Crippen MR) is 64.7 cm³/mol. The lowest BCUT2D eigenvalue weighted by molar-refractivity contribution is -0.131. The molecule has 92 valence electrons. The first-order chi connectivity index (χ1) is 7.72. The molecule has 2 saturated heterocycles. The molecular formula is C11H20N2O2S. The molecule has 5 heteroatoms. The SMILES string of the molecule is CCNC1CCN(C2CCS(=O)CC2)C1=O. The first-order valence-electron chi connectivity index (χ1n) is 6.11. The summed E-state index contributed by atoms with van der Waals surface area (Å²) < 4.78 is 11.3. The Labute approximate surface area is 99.2 Å². The van der Waals surface area contributed by atoms with Crippen molar-refractivity contribution in [2.45, 2.75) is 38.3 Å². The van der Waals surface area contributed by atoms with Gasteiger partial charge in [-0.1, -0.05) is 6.92 Å². The van der Waals surface area contributed by atoms with E-state index in [9.17, 15) is 9.00 Å². The Morgan fingerprint density at radius 2 is 2.06 bits per heavy atom. The molecule has 0 aromatic heterocycles. The van der Waals surface area contributed by atoms with Crippen molar-refractivity contribution in [1.29, 1.82) is 0 Å². The molecule has 2 aliphatic rings. The van der Waals surface area contributed by atoms with Gasteiger partial charge in [0.1, 0.15) is 0 Å². The highest BCUT2D eigenvalue weighted by Gasteiger charge is 2.36. The molecule has 0 aliphatic carbocycles. The lowest BCUT2D eigenvalue weighted by Gasteiger charge is -2.30. The number of rotatable bonds is 3. The molecule has 1 atom stereocenters. The van der Waals surface area contributed by atoms with Crippen molar-refractivity contribution < 1.29 is 9.00 Å². The van der Waals surface area contributed by atoms with Crippen molar-refractivity contribution >= 4 is 16.7 Å². The first-order valence-corrected chi connectivity index (χ1v) is 7.60. The average molecular weight is 244 g/mol. The van der Waals surface area contributed by atoms with Gasteiger partial charge in [-0.05, 0) is 25.8 Å². The molecule has 2 fully saturated rings. The van der Waals surface area contributed by atoms with Crippen molar-refractivity contribution in [2.24, 2.45) is 0 Å². The van der Waals surface area contributed by atoms with E-state index in [-0.39, 0.29) is 11.9 Å². The van der Waals surface area contributed by atoms with Crippen LogP contribution in [0.4, 0.5) is 0 Å². The molecule has 2 aliphatic heterocycles. The quantitative estimate of drug-likeness (QED) is 0.766. The van der Waals surface area contributed by atoms with Crippen molar-refractivity contribution in [2.75, 3.05) is 24.6 Å². The normalized spacial score (nSPS) is 35.7. The van der Waals surface area contributed by atoms with Gasteiger partial charge in [-0.15, -0.1) is 0 Å². The third kappa shape index (κ3) is 2.46. The highest BCUT2D eigenvalue weighted by molar-refractivity contribution is 7.85. The molecule has 0 aromatic carbocycles. The number of nitrogens with one attached hydrogen (secondary N) is 1. The second-order valence-electron chi connectivity index (χ2n) is 4.51. The van der Waals surface area contributed by atoms with Crippen LogP contribution in [0.1, 0.15) is 26.2 Å². The van der Waals surface area contributed by atoms with Crippen LogP contribution in [0.15, 0.2) is 0 Å². The molecule has 2 heterocycles. The Morgan fingerprint density at radius 1 is 1.38 bits per heavy atom. The van der Waals surface area contributed by atoms with Gasteiger partial charge >= 0.3 is 0 Å². The summed E-state index contributed by atoms with van der Waals surface area (Å²) in [5, 5.41) is 3.22. The summed E-state index contributed by atoms with van der Waals surface area (Å²) in [5.41, 5.74) is 0. The molecule has 2 rings (SSSR count). The fourth-order valence-corrected chi connectivity index (χ4v) is 3.87. The maximum atomic E-state index is 12.1. The number of likely N-dealkylation sites (tertiary alicyclic amines) is 1. The lowest BCUT2D eigenvalue weighted by atomic mass is 10.1. The molecule has 4 nitrogen and oxygen atoms in total. The van der Waals surface area contributed by atoms with Gasteiger partial charge in [-0.2, -0.15) is 0 Å². The van der Waals surface area contributed by atoms with E-state index < -0.39 is 10.8 Å². The van der Waals surface area contributed by atoms with Crippen LogP contribution in [0.5, 0.6) is 0 Å². The van der Waals surface area contributed by atoms with E-state index in [2.05, 4.69) is 5.32 Å². The maximum Gasteiger partial charge on any atom is 0.240 e. The molecule has 1 N–H and O–H groups in total. The Bertz CT molecular complexity index is 286. The summed E-state index contributed by atoms with van der Waals surface area (Å²) in [4.78, 5) is 14.1. The minimum absolute atomic E-state index is 0.0254. The molecule has 1 amide bonds. The summed E-state index contributed by atoms with van der Waals surface area (Å²) in [7, 11) is -0.638. The van der Waals surface area contributed by atoms with Gasteiger partial charge in [0.05, 0.1) is 6.04 Å². The first kappa shape index (κ1) is 12.0. The van der Waals surface area contributed by atoms with E-state index in [0.29, 0.717) is 6.04 Å². The summed E-state index contributed by atoms with van der Waals surface area (Å²) in [6.07, 6.45) is 2.75. The standard InChI is InChI=1S/C11H20N2O2S/c1-2-12-10-3-6-13(11(10)14)9-4-7-16(15)8-5-9/h9-10,12H,2-8H2,1H3. The van der Waals surface area contributed by atoms with E-state index in [4.69, 9.17) is 0 Å².